The zero-order valence-corrected chi connectivity index (χ0v) is 27.8. The Bertz CT molecular complexity index is 2350. The van der Waals surface area contributed by atoms with E-state index in [-0.39, 0.29) is 30.0 Å². The number of para-hydroxylation sites is 1. The third-order valence-electron chi connectivity index (χ3n) is 10.3. The van der Waals surface area contributed by atoms with Gasteiger partial charge in [0.05, 0.1) is 49.5 Å². The summed E-state index contributed by atoms with van der Waals surface area (Å²) in [6.45, 7) is 0.00511. The van der Waals surface area contributed by atoms with Crippen molar-refractivity contribution in [2.24, 2.45) is 5.92 Å². The SMILES string of the molecule is COc1cc(O)c([C@H]2C3=CCn4c(=O)n(-c5ccccc5)c(=O)n4[C@@H]3C[C@H]3C(=O)N(c4cccc(Cl)c4)C(=O)[C@@]23c2ccccc2)c(OC)c1. The molecule has 2 aliphatic heterocycles. The lowest BCUT2D eigenvalue weighted by molar-refractivity contribution is -0.124. The van der Waals surface area contributed by atoms with E-state index in [2.05, 4.69) is 0 Å². The Hall–Kier alpha value is -5.81. The number of aromatic hydroxyl groups is 1. The Morgan fingerprint density at radius 2 is 1.52 bits per heavy atom. The van der Waals surface area contributed by atoms with Crippen LogP contribution < -0.4 is 25.8 Å². The van der Waals surface area contributed by atoms with E-state index in [1.54, 1.807) is 84.9 Å². The summed E-state index contributed by atoms with van der Waals surface area (Å²) in [5, 5.41) is 12.2. The highest BCUT2D eigenvalue weighted by Gasteiger charge is 2.69. The van der Waals surface area contributed by atoms with Crippen molar-refractivity contribution >= 4 is 29.1 Å². The van der Waals surface area contributed by atoms with Gasteiger partial charge in [-0.2, -0.15) is 0 Å². The number of ether oxygens (including phenoxy) is 2. The zero-order valence-electron chi connectivity index (χ0n) is 27.0. The van der Waals surface area contributed by atoms with Crippen LogP contribution in [0, 0.1) is 5.92 Å². The predicted molar refractivity (Wildman–Crippen MR) is 186 cm³/mol. The van der Waals surface area contributed by atoms with Gasteiger partial charge in [0, 0.05) is 28.6 Å². The van der Waals surface area contributed by atoms with Crippen LogP contribution in [0.25, 0.3) is 5.69 Å². The molecule has 4 aromatic carbocycles. The summed E-state index contributed by atoms with van der Waals surface area (Å²) < 4.78 is 15.2. The van der Waals surface area contributed by atoms with E-state index in [0.717, 1.165) is 9.47 Å². The maximum atomic E-state index is 15.4. The van der Waals surface area contributed by atoms with Crippen LogP contribution in [0.4, 0.5) is 5.69 Å². The highest BCUT2D eigenvalue weighted by molar-refractivity contribution is 6.32. The first-order chi connectivity index (χ1) is 24.2. The largest absolute Gasteiger partial charge is 0.507 e. The second-order valence-electron chi connectivity index (χ2n) is 12.6. The number of allylic oxidation sites excluding steroid dienone is 2. The number of phenolic OH excluding ortho intramolecular Hbond substituents is 1. The molecule has 1 aromatic heterocycles. The zero-order chi connectivity index (χ0) is 34.9. The van der Waals surface area contributed by atoms with E-state index in [1.807, 2.05) is 12.1 Å². The van der Waals surface area contributed by atoms with E-state index < -0.39 is 46.5 Å². The van der Waals surface area contributed by atoms with E-state index >= 15 is 4.79 Å². The summed E-state index contributed by atoms with van der Waals surface area (Å²) in [7, 11) is 2.91. The molecule has 1 saturated carbocycles. The molecule has 3 aliphatic rings. The van der Waals surface area contributed by atoms with Crippen molar-refractivity contribution in [3.63, 3.8) is 0 Å². The van der Waals surface area contributed by atoms with Crippen LogP contribution in [0.15, 0.2) is 118 Å². The first-order valence-corrected chi connectivity index (χ1v) is 16.4. The molecule has 11 nitrogen and oxygen atoms in total. The molecule has 0 bridgehead atoms. The molecule has 2 fully saturated rings. The fourth-order valence-electron chi connectivity index (χ4n) is 8.28. The maximum Gasteiger partial charge on any atom is 0.352 e. The Morgan fingerprint density at radius 3 is 2.20 bits per heavy atom. The standard InChI is InChI=1S/C38H31ClN4O7/c1-49-26-19-30(44)32(31(20-26)50-2)33-27-16-17-40-36(47)42(24-13-7-4-8-14-24)37(48)43(40)29(27)21-28-34(45)41(25-15-9-12-23(39)18-25)35(46)38(28,33)22-10-5-3-6-11-22/h3-16,18-20,28-29,33,44H,17,21H2,1-2H3/t28-,29+,33+,38+/m0/s1. The maximum absolute atomic E-state index is 15.4. The second-order valence-corrected chi connectivity index (χ2v) is 13.0. The summed E-state index contributed by atoms with van der Waals surface area (Å²) >= 11 is 6.38. The number of anilines is 1. The Labute approximate surface area is 290 Å². The minimum atomic E-state index is -1.61. The molecule has 5 aromatic rings. The highest BCUT2D eigenvalue weighted by Crippen LogP contribution is 2.64. The molecule has 1 N–H and O–H groups in total. The highest BCUT2D eigenvalue weighted by atomic mass is 35.5. The summed E-state index contributed by atoms with van der Waals surface area (Å²) in [5.74, 6) is -2.78. The van der Waals surface area contributed by atoms with Crippen molar-refractivity contribution in [1.29, 1.82) is 0 Å². The number of hydrogen-bond acceptors (Lipinski definition) is 7. The van der Waals surface area contributed by atoms with Gasteiger partial charge in [0.25, 0.3) is 0 Å². The van der Waals surface area contributed by atoms with Gasteiger partial charge in [-0.15, -0.1) is 0 Å². The lowest BCUT2D eigenvalue weighted by Gasteiger charge is -2.49. The molecule has 50 heavy (non-hydrogen) atoms. The monoisotopic (exact) mass is 690 g/mol. The number of benzene rings is 4. The number of methoxy groups -OCH3 is 2. The normalized spacial score (nSPS) is 22.4. The third kappa shape index (κ3) is 4.29. The fraction of sp³-hybridized carbons (Fsp3) is 0.211. The Morgan fingerprint density at radius 1 is 0.820 bits per heavy atom. The number of hydrogen-bond donors (Lipinski definition) is 1. The number of amides is 2. The van der Waals surface area contributed by atoms with Gasteiger partial charge in [-0.25, -0.2) is 28.4 Å². The van der Waals surface area contributed by atoms with Crippen molar-refractivity contribution in [3.8, 4) is 22.9 Å². The van der Waals surface area contributed by atoms with Crippen LogP contribution in [0.3, 0.4) is 0 Å². The number of fused-ring (bicyclic) bond motifs is 4. The minimum Gasteiger partial charge on any atom is -0.507 e. The van der Waals surface area contributed by atoms with Crippen LogP contribution in [-0.4, -0.2) is 45.1 Å². The molecule has 3 heterocycles. The lowest BCUT2D eigenvalue weighted by Crippen LogP contribution is -2.53. The van der Waals surface area contributed by atoms with E-state index in [0.29, 0.717) is 33.3 Å². The molecule has 4 atom stereocenters. The average molecular weight is 691 g/mol. The van der Waals surface area contributed by atoms with Gasteiger partial charge in [-0.3, -0.25) is 9.59 Å². The van der Waals surface area contributed by atoms with Crippen molar-refractivity contribution in [2.45, 2.75) is 30.3 Å². The van der Waals surface area contributed by atoms with Crippen molar-refractivity contribution < 1.29 is 24.2 Å². The van der Waals surface area contributed by atoms with Gasteiger partial charge in [0.2, 0.25) is 11.8 Å². The minimum absolute atomic E-state index is 0.00511. The van der Waals surface area contributed by atoms with Crippen molar-refractivity contribution in [1.82, 2.24) is 13.9 Å². The van der Waals surface area contributed by atoms with Crippen LogP contribution in [-0.2, 0) is 21.5 Å². The van der Waals surface area contributed by atoms with Gasteiger partial charge in [-0.05, 0) is 47.9 Å². The van der Waals surface area contributed by atoms with Crippen molar-refractivity contribution in [3.05, 3.63) is 146 Å². The van der Waals surface area contributed by atoms with Crippen molar-refractivity contribution in [2.75, 3.05) is 19.1 Å². The number of carbonyl (C=O) groups is 2. The number of aromatic nitrogens is 3. The van der Waals surface area contributed by atoms with Crippen LogP contribution >= 0.6 is 11.6 Å². The molecule has 0 spiro atoms. The molecule has 8 rings (SSSR count). The fourth-order valence-corrected chi connectivity index (χ4v) is 8.47. The predicted octanol–water partition coefficient (Wildman–Crippen LogP) is 4.97. The molecule has 12 heteroatoms. The van der Waals surface area contributed by atoms with Crippen LogP contribution in [0.5, 0.6) is 17.2 Å². The quantitative estimate of drug-likeness (QED) is 0.197. The molecular weight excluding hydrogens is 660 g/mol. The Balaban J connectivity index is 1.45. The second kappa shape index (κ2) is 11.7. The Kier molecular flexibility index (Phi) is 7.34. The molecule has 1 aliphatic carbocycles. The topological polar surface area (TPSA) is 125 Å². The van der Waals surface area contributed by atoms with E-state index in [4.69, 9.17) is 21.1 Å². The average Bonchev–Trinajstić information content (AvgIpc) is 3.52. The van der Waals surface area contributed by atoms with E-state index in [9.17, 15) is 19.5 Å². The summed E-state index contributed by atoms with van der Waals surface area (Å²) in [6.07, 6.45) is 1.84. The number of rotatable bonds is 6. The molecule has 1 saturated heterocycles. The van der Waals surface area contributed by atoms with Gasteiger partial charge in [-0.1, -0.05) is 72.3 Å². The number of carbonyl (C=O) groups excluding carboxylic acids is 2. The number of phenols is 1. The van der Waals surface area contributed by atoms with Crippen LogP contribution in [0.1, 0.15) is 29.5 Å². The molecule has 0 unspecified atom stereocenters. The third-order valence-corrected chi connectivity index (χ3v) is 10.5. The summed E-state index contributed by atoms with van der Waals surface area (Å²) in [6, 6.07) is 26.4. The molecule has 0 radical (unpaired) electrons. The smallest absolute Gasteiger partial charge is 0.352 e. The number of nitrogens with zero attached hydrogens (tertiary/aromatic N) is 4. The van der Waals surface area contributed by atoms with Gasteiger partial charge >= 0.3 is 11.4 Å². The molecule has 252 valence electrons. The summed E-state index contributed by atoms with van der Waals surface area (Å²) in [5.41, 5.74) is -0.655. The molecular formula is C38H31ClN4O7. The summed E-state index contributed by atoms with van der Waals surface area (Å²) in [4.78, 5) is 59.6. The van der Waals surface area contributed by atoms with E-state index in [1.165, 1.54) is 29.6 Å². The lowest BCUT2D eigenvalue weighted by atomic mass is 9.53. The molecule has 2 amide bonds. The van der Waals surface area contributed by atoms with Gasteiger partial charge < -0.3 is 14.6 Å². The first-order valence-electron chi connectivity index (χ1n) is 16.1. The van der Waals surface area contributed by atoms with Crippen LogP contribution in [0.2, 0.25) is 5.02 Å². The number of imide groups is 1. The number of halogens is 1. The van der Waals surface area contributed by atoms with Gasteiger partial charge in [0.15, 0.2) is 0 Å². The first kappa shape index (κ1) is 31.5. The van der Waals surface area contributed by atoms with Gasteiger partial charge in [0.1, 0.15) is 17.2 Å².